The van der Waals surface area contributed by atoms with E-state index in [1.165, 1.54) is 17.4 Å². The van der Waals surface area contributed by atoms with Gasteiger partial charge >= 0.3 is 0 Å². The van der Waals surface area contributed by atoms with Gasteiger partial charge in [-0.25, -0.2) is 4.99 Å². The highest BCUT2D eigenvalue weighted by Gasteiger charge is 2.14. The second-order valence-corrected chi connectivity index (χ2v) is 7.04. The highest BCUT2D eigenvalue weighted by molar-refractivity contribution is 7.07. The lowest BCUT2D eigenvalue weighted by Crippen LogP contribution is -2.20. The standard InChI is InChI=1S/C17H23N3O2S/c1-12(2)9-10-13(3)19-14(4)11-23-17(19)18-15-7-5-6-8-16(15)20(21)22/h5-8,11-13H,9-10H2,1-4H3. The number of hydrogen-bond donors (Lipinski definition) is 0. The Labute approximate surface area is 140 Å². The van der Waals surface area contributed by atoms with Crippen molar-refractivity contribution < 1.29 is 4.92 Å². The molecule has 0 saturated heterocycles. The van der Waals surface area contributed by atoms with Gasteiger partial charge in [0.05, 0.1) is 4.92 Å². The Kier molecular flexibility index (Phi) is 5.71. The molecule has 0 spiro atoms. The Morgan fingerprint density at radius 3 is 2.61 bits per heavy atom. The number of nitrogens with zero attached hydrogens (tertiary/aromatic N) is 3. The van der Waals surface area contributed by atoms with Gasteiger partial charge in [-0.05, 0) is 38.7 Å². The Bertz CT molecular complexity index is 746. The number of nitro groups is 1. The minimum atomic E-state index is -0.383. The number of para-hydroxylation sites is 2. The summed E-state index contributed by atoms with van der Waals surface area (Å²) in [5.74, 6) is 0.660. The van der Waals surface area contributed by atoms with Crippen molar-refractivity contribution in [2.75, 3.05) is 0 Å². The van der Waals surface area contributed by atoms with Gasteiger partial charge in [0.15, 0.2) is 4.80 Å². The van der Waals surface area contributed by atoms with Crippen molar-refractivity contribution in [1.29, 1.82) is 0 Å². The number of hydrogen-bond acceptors (Lipinski definition) is 4. The first kappa shape index (κ1) is 17.4. The Hall–Kier alpha value is -1.95. The van der Waals surface area contributed by atoms with Gasteiger partial charge in [-0.3, -0.25) is 10.1 Å². The van der Waals surface area contributed by atoms with Crippen molar-refractivity contribution in [2.24, 2.45) is 10.9 Å². The molecule has 1 unspecified atom stereocenters. The zero-order chi connectivity index (χ0) is 17.0. The van der Waals surface area contributed by atoms with Crippen molar-refractivity contribution >= 4 is 22.7 Å². The monoisotopic (exact) mass is 333 g/mol. The van der Waals surface area contributed by atoms with E-state index in [4.69, 9.17) is 0 Å². The van der Waals surface area contributed by atoms with Crippen LogP contribution in [0, 0.1) is 23.0 Å². The largest absolute Gasteiger partial charge is 0.318 e. The third-order valence-corrected chi connectivity index (χ3v) is 4.78. The van der Waals surface area contributed by atoms with Crippen molar-refractivity contribution in [1.82, 2.24) is 4.57 Å². The third-order valence-electron chi connectivity index (χ3n) is 3.82. The van der Waals surface area contributed by atoms with Crippen molar-refractivity contribution in [3.05, 3.63) is 50.3 Å². The van der Waals surface area contributed by atoms with Crippen LogP contribution in [-0.2, 0) is 0 Å². The van der Waals surface area contributed by atoms with Gasteiger partial charge in [0, 0.05) is 23.2 Å². The molecule has 0 bridgehead atoms. The van der Waals surface area contributed by atoms with E-state index in [1.54, 1.807) is 18.2 Å². The van der Waals surface area contributed by atoms with Gasteiger partial charge in [0.2, 0.25) is 0 Å². The van der Waals surface area contributed by atoms with Crippen molar-refractivity contribution in [2.45, 2.75) is 46.6 Å². The maximum Gasteiger partial charge on any atom is 0.294 e. The molecule has 0 N–H and O–H groups in total. The van der Waals surface area contributed by atoms with Gasteiger partial charge in [-0.15, -0.1) is 11.3 Å². The maximum atomic E-state index is 11.2. The van der Waals surface area contributed by atoms with Crippen LogP contribution in [-0.4, -0.2) is 9.49 Å². The zero-order valence-corrected chi connectivity index (χ0v) is 14.8. The molecule has 23 heavy (non-hydrogen) atoms. The predicted octanol–water partition coefficient (Wildman–Crippen LogP) is 5.00. The zero-order valence-electron chi connectivity index (χ0n) is 14.0. The van der Waals surface area contributed by atoms with Crippen LogP contribution >= 0.6 is 11.3 Å². The quantitative estimate of drug-likeness (QED) is 0.552. The summed E-state index contributed by atoms with van der Waals surface area (Å²) in [6.07, 6.45) is 2.22. The fourth-order valence-electron chi connectivity index (χ4n) is 2.54. The summed E-state index contributed by atoms with van der Waals surface area (Å²) in [4.78, 5) is 16.2. The first-order chi connectivity index (χ1) is 10.9. The van der Waals surface area contributed by atoms with Gasteiger partial charge in [-0.2, -0.15) is 0 Å². The number of nitro benzene ring substituents is 1. The number of benzene rings is 1. The average molecular weight is 333 g/mol. The Morgan fingerprint density at radius 2 is 1.96 bits per heavy atom. The summed E-state index contributed by atoms with van der Waals surface area (Å²) in [6, 6.07) is 6.95. The molecule has 6 heteroatoms. The van der Waals surface area contributed by atoms with Gasteiger partial charge in [0.25, 0.3) is 5.69 Å². The van der Waals surface area contributed by atoms with Crippen LogP contribution in [0.1, 0.15) is 45.3 Å². The lowest BCUT2D eigenvalue weighted by molar-refractivity contribution is -0.384. The molecule has 0 radical (unpaired) electrons. The van der Waals surface area contributed by atoms with E-state index in [9.17, 15) is 10.1 Å². The molecule has 1 atom stereocenters. The van der Waals surface area contributed by atoms with E-state index >= 15 is 0 Å². The summed E-state index contributed by atoms with van der Waals surface area (Å²) in [7, 11) is 0. The minimum Gasteiger partial charge on any atom is -0.318 e. The second-order valence-electron chi connectivity index (χ2n) is 6.21. The second kappa shape index (κ2) is 7.55. The minimum absolute atomic E-state index is 0.0416. The van der Waals surface area contributed by atoms with E-state index in [-0.39, 0.29) is 10.6 Å². The van der Waals surface area contributed by atoms with Crippen LogP contribution in [0.5, 0.6) is 0 Å². The van der Waals surface area contributed by atoms with Crippen LogP contribution in [0.15, 0.2) is 34.6 Å². The number of aromatic nitrogens is 1. The van der Waals surface area contributed by atoms with E-state index in [1.807, 2.05) is 0 Å². The van der Waals surface area contributed by atoms with Crippen LogP contribution in [0.3, 0.4) is 0 Å². The average Bonchev–Trinajstić information content (AvgIpc) is 2.86. The molecule has 0 fully saturated rings. The molecule has 0 aliphatic carbocycles. The Balaban J connectivity index is 2.43. The van der Waals surface area contributed by atoms with Crippen LogP contribution in [0.25, 0.3) is 0 Å². The summed E-state index contributed by atoms with van der Waals surface area (Å²) >= 11 is 1.53. The molecule has 124 valence electrons. The summed E-state index contributed by atoms with van der Waals surface area (Å²) in [6.45, 7) is 8.67. The topological polar surface area (TPSA) is 60.4 Å². The highest BCUT2D eigenvalue weighted by Crippen LogP contribution is 2.26. The summed E-state index contributed by atoms with van der Waals surface area (Å²) < 4.78 is 2.18. The predicted molar refractivity (Wildman–Crippen MR) is 94.1 cm³/mol. The molecule has 2 aromatic rings. The third kappa shape index (κ3) is 4.28. The molecule has 0 saturated carbocycles. The molecular weight excluding hydrogens is 310 g/mol. The lowest BCUT2D eigenvalue weighted by atomic mass is 10.0. The molecule has 0 aliphatic heterocycles. The summed E-state index contributed by atoms with van der Waals surface area (Å²) in [5, 5.41) is 13.2. The molecule has 5 nitrogen and oxygen atoms in total. The highest BCUT2D eigenvalue weighted by atomic mass is 32.1. The maximum absolute atomic E-state index is 11.2. The number of aryl methyl sites for hydroxylation is 1. The van der Waals surface area contributed by atoms with Crippen LogP contribution in [0.4, 0.5) is 11.4 Å². The Morgan fingerprint density at radius 1 is 1.26 bits per heavy atom. The number of rotatable bonds is 6. The molecule has 0 amide bonds. The van der Waals surface area contributed by atoms with Gasteiger partial charge in [-0.1, -0.05) is 26.0 Å². The van der Waals surface area contributed by atoms with Crippen LogP contribution in [0.2, 0.25) is 0 Å². The first-order valence-corrected chi connectivity index (χ1v) is 8.73. The fraction of sp³-hybridized carbons (Fsp3) is 0.471. The fourth-order valence-corrected chi connectivity index (χ4v) is 3.52. The van der Waals surface area contributed by atoms with Gasteiger partial charge in [0.1, 0.15) is 5.69 Å². The van der Waals surface area contributed by atoms with E-state index < -0.39 is 0 Å². The first-order valence-electron chi connectivity index (χ1n) is 7.85. The SMILES string of the molecule is Cc1csc(=Nc2ccccc2[N+](=O)[O-])n1C(C)CCC(C)C. The van der Waals surface area contributed by atoms with Crippen molar-refractivity contribution in [3.8, 4) is 0 Å². The smallest absolute Gasteiger partial charge is 0.294 e. The van der Waals surface area contributed by atoms with E-state index in [2.05, 4.69) is 42.6 Å². The molecule has 2 rings (SSSR count). The molecule has 1 heterocycles. The normalized spacial score (nSPS) is 13.5. The number of thiazole rings is 1. The lowest BCUT2D eigenvalue weighted by Gasteiger charge is -2.16. The van der Waals surface area contributed by atoms with Crippen molar-refractivity contribution in [3.63, 3.8) is 0 Å². The van der Waals surface area contributed by atoms with Gasteiger partial charge < -0.3 is 4.57 Å². The molecule has 0 aliphatic rings. The van der Waals surface area contributed by atoms with E-state index in [0.29, 0.717) is 17.6 Å². The summed E-state index contributed by atoms with van der Waals surface area (Å²) in [5.41, 5.74) is 1.59. The van der Waals surface area contributed by atoms with Crippen LogP contribution < -0.4 is 4.80 Å². The molecular formula is C17H23N3O2S. The van der Waals surface area contributed by atoms with E-state index in [0.717, 1.165) is 23.3 Å². The molecule has 1 aromatic heterocycles. The molecule has 1 aromatic carbocycles.